The Labute approximate surface area is 82.4 Å². The van der Waals surface area contributed by atoms with Gasteiger partial charge in [0.2, 0.25) is 5.91 Å². The molecule has 2 heteroatoms. The summed E-state index contributed by atoms with van der Waals surface area (Å²) in [6.07, 6.45) is 6.53. The van der Waals surface area contributed by atoms with E-state index in [0.717, 1.165) is 25.8 Å². The van der Waals surface area contributed by atoms with Crippen LogP contribution < -0.4 is 5.32 Å². The van der Waals surface area contributed by atoms with Crippen molar-refractivity contribution >= 4 is 5.91 Å². The lowest BCUT2D eigenvalue weighted by Crippen LogP contribution is -2.20. The van der Waals surface area contributed by atoms with Gasteiger partial charge in [-0.3, -0.25) is 4.79 Å². The number of amides is 1. The van der Waals surface area contributed by atoms with Gasteiger partial charge in [0.1, 0.15) is 0 Å². The van der Waals surface area contributed by atoms with Gasteiger partial charge in [0.05, 0.1) is 0 Å². The molecular weight excluding hydrogens is 162 g/mol. The van der Waals surface area contributed by atoms with Crippen molar-refractivity contribution in [3.63, 3.8) is 0 Å². The van der Waals surface area contributed by atoms with Gasteiger partial charge in [-0.2, -0.15) is 0 Å². The number of carbonyl (C=O) groups excluding carboxylic acids is 1. The maximum Gasteiger partial charge on any atom is 0.216 e. The van der Waals surface area contributed by atoms with Gasteiger partial charge in [-0.15, -0.1) is 6.58 Å². The summed E-state index contributed by atoms with van der Waals surface area (Å²) in [5.41, 5.74) is 0. The summed E-state index contributed by atoms with van der Waals surface area (Å²) in [5.74, 6) is 0.0680. The molecule has 0 aliphatic carbocycles. The minimum absolute atomic E-state index is 0.0680. The summed E-state index contributed by atoms with van der Waals surface area (Å²) in [6, 6.07) is 0. The van der Waals surface area contributed by atoms with Crippen molar-refractivity contribution in [3.05, 3.63) is 12.7 Å². The van der Waals surface area contributed by atoms with E-state index in [0.29, 0.717) is 0 Å². The molecule has 13 heavy (non-hydrogen) atoms. The van der Waals surface area contributed by atoms with Crippen LogP contribution in [0.3, 0.4) is 0 Å². The minimum Gasteiger partial charge on any atom is -0.356 e. The Bertz CT molecular complexity index is 121. The maximum absolute atomic E-state index is 10.2. The molecule has 0 spiro atoms. The van der Waals surface area contributed by atoms with Gasteiger partial charge < -0.3 is 5.32 Å². The van der Waals surface area contributed by atoms with Crippen molar-refractivity contribution < 1.29 is 4.79 Å². The molecule has 0 aromatic heterocycles. The molecule has 0 aromatic carbocycles. The van der Waals surface area contributed by atoms with Crippen molar-refractivity contribution in [1.29, 1.82) is 0 Å². The zero-order valence-corrected chi connectivity index (χ0v) is 9.23. The smallest absolute Gasteiger partial charge is 0.216 e. The van der Waals surface area contributed by atoms with Gasteiger partial charge in [-0.05, 0) is 12.8 Å². The molecule has 0 bridgehead atoms. The Morgan fingerprint density at radius 2 is 2.00 bits per heavy atom. The fourth-order valence-corrected chi connectivity index (χ4v) is 0.645. The van der Waals surface area contributed by atoms with E-state index in [9.17, 15) is 4.79 Å². The molecule has 0 aliphatic rings. The first-order chi connectivity index (χ1) is 6.18. The van der Waals surface area contributed by atoms with E-state index in [1.807, 2.05) is 6.08 Å². The van der Waals surface area contributed by atoms with E-state index in [-0.39, 0.29) is 5.91 Å². The normalized spacial score (nSPS) is 8.23. The second kappa shape index (κ2) is 13.8. The third kappa shape index (κ3) is 24.7. The number of hydrogen-bond donors (Lipinski definition) is 1. The predicted octanol–water partition coefficient (Wildman–Crippen LogP) is 2.90. The Morgan fingerprint density at radius 1 is 1.38 bits per heavy atom. The first-order valence-electron chi connectivity index (χ1n) is 5.04. The zero-order valence-electron chi connectivity index (χ0n) is 9.23. The first kappa shape index (κ1) is 14.7. The van der Waals surface area contributed by atoms with Crippen LogP contribution in [-0.4, -0.2) is 12.5 Å². The number of carbonyl (C=O) groups is 1. The Morgan fingerprint density at radius 3 is 2.23 bits per heavy atom. The number of hydrogen-bond acceptors (Lipinski definition) is 1. The molecule has 0 saturated carbocycles. The molecule has 2 nitrogen and oxygen atoms in total. The second-order valence-electron chi connectivity index (χ2n) is 2.91. The molecule has 0 heterocycles. The average Bonchev–Trinajstić information content (AvgIpc) is 2.07. The third-order valence-corrected chi connectivity index (χ3v) is 1.40. The SMILES string of the molecule is C=CCCC.CCCCNC(C)=O. The highest BCUT2D eigenvalue weighted by molar-refractivity contribution is 5.72. The molecule has 78 valence electrons. The molecule has 0 rings (SSSR count). The maximum atomic E-state index is 10.2. The third-order valence-electron chi connectivity index (χ3n) is 1.40. The van der Waals surface area contributed by atoms with Gasteiger partial charge in [0.15, 0.2) is 0 Å². The van der Waals surface area contributed by atoms with Crippen LogP contribution in [0, 0.1) is 0 Å². The lowest BCUT2D eigenvalue weighted by molar-refractivity contribution is -0.118. The molecule has 0 fully saturated rings. The number of allylic oxidation sites excluding steroid dienone is 1. The highest BCUT2D eigenvalue weighted by Gasteiger charge is 1.85. The van der Waals surface area contributed by atoms with E-state index in [1.54, 1.807) is 0 Å². The number of unbranched alkanes of at least 4 members (excludes halogenated alkanes) is 2. The van der Waals surface area contributed by atoms with Gasteiger partial charge in [-0.1, -0.05) is 32.8 Å². The van der Waals surface area contributed by atoms with Crippen LogP contribution in [0.4, 0.5) is 0 Å². The lowest BCUT2D eigenvalue weighted by Gasteiger charge is -1.96. The average molecular weight is 185 g/mol. The largest absolute Gasteiger partial charge is 0.356 e. The van der Waals surface area contributed by atoms with Crippen LogP contribution in [-0.2, 0) is 4.79 Å². The van der Waals surface area contributed by atoms with Crippen molar-refractivity contribution in [2.45, 2.75) is 46.5 Å². The lowest BCUT2D eigenvalue weighted by atomic mass is 10.3. The summed E-state index contributed by atoms with van der Waals surface area (Å²) in [4.78, 5) is 10.2. The number of nitrogens with one attached hydrogen (secondary N) is 1. The standard InChI is InChI=1S/C6H13NO.C5H10/c1-3-4-5-7-6(2)8;1-3-5-4-2/h3-5H2,1-2H3,(H,7,8);3H,1,4-5H2,2H3. The van der Waals surface area contributed by atoms with Crippen molar-refractivity contribution in [3.8, 4) is 0 Å². The van der Waals surface area contributed by atoms with E-state index in [2.05, 4.69) is 25.7 Å². The molecule has 0 saturated heterocycles. The van der Waals surface area contributed by atoms with E-state index < -0.39 is 0 Å². The zero-order chi connectivity index (χ0) is 10.5. The van der Waals surface area contributed by atoms with Crippen LogP contribution in [0.5, 0.6) is 0 Å². The van der Waals surface area contributed by atoms with Gasteiger partial charge >= 0.3 is 0 Å². The minimum atomic E-state index is 0.0680. The second-order valence-corrected chi connectivity index (χ2v) is 2.91. The van der Waals surface area contributed by atoms with Gasteiger partial charge in [0.25, 0.3) is 0 Å². The van der Waals surface area contributed by atoms with E-state index in [4.69, 9.17) is 0 Å². The topological polar surface area (TPSA) is 29.1 Å². The summed E-state index contributed by atoms with van der Waals surface area (Å²) in [6.45, 7) is 10.2. The quantitative estimate of drug-likeness (QED) is 0.518. The summed E-state index contributed by atoms with van der Waals surface area (Å²) in [5, 5.41) is 2.71. The molecular formula is C11H23NO. The summed E-state index contributed by atoms with van der Waals surface area (Å²) in [7, 11) is 0. The van der Waals surface area contributed by atoms with Crippen molar-refractivity contribution in [2.75, 3.05) is 6.54 Å². The van der Waals surface area contributed by atoms with Crippen molar-refractivity contribution in [1.82, 2.24) is 5.32 Å². The van der Waals surface area contributed by atoms with Crippen molar-refractivity contribution in [2.24, 2.45) is 0 Å². The monoisotopic (exact) mass is 185 g/mol. The first-order valence-corrected chi connectivity index (χ1v) is 5.04. The fraction of sp³-hybridized carbons (Fsp3) is 0.727. The number of rotatable bonds is 5. The van der Waals surface area contributed by atoms with Gasteiger partial charge in [-0.25, -0.2) is 0 Å². The van der Waals surface area contributed by atoms with Gasteiger partial charge in [0, 0.05) is 13.5 Å². The molecule has 1 amide bonds. The molecule has 0 atom stereocenters. The molecule has 0 unspecified atom stereocenters. The molecule has 1 N–H and O–H groups in total. The summed E-state index contributed by atoms with van der Waals surface area (Å²) >= 11 is 0. The van der Waals surface area contributed by atoms with Crippen LogP contribution in [0.25, 0.3) is 0 Å². The van der Waals surface area contributed by atoms with E-state index in [1.165, 1.54) is 13.3 Å². The molecule has 0 aromatic rings. The molecule has 0 aliphatic heterocycles. The van der Waals surface area contributed by atoms with Crippen LogP contribution in [0.15, 0.2) is 12.7 Å². The van der Waals surface area contributed by atoms with E-state index >= 15 is 0 Å². The summed E-state index contributed by atoms with van der Waals surface area (Å²) < 4.78 is 0. The molecule has 0 radical (unpaired) electrons. The fourth-order valence-electron chi connectivity index (χ4n) is 0.645. The predicted molar refractivity (Wildman–Crippen MR) is 58.7 cm³/mol. The Kier molecular flexibility index (Phi) is 15.6. The van der Waals surface area contributed by atoms with Crippen LogP contribution in [0.1, 0.15) is 46.5 Å². The Balaban J connectivity index is 0. The van der Waals surface area contributed by atoms with Crippen LogP contribution >= 0.6 is 0 Å². The highest BCUT2D eigenvalue weighted by Crippen LogP contribution is 1.82. The van der Waals surface area contributed by atoms with Crippen LogP contribution in [0.2, 0.25) is 0 Å². The highest BCUT2D eigenvalue weighted by atomic mass is 16.1. The Hall–Kier alpha value is -0.790.